The minimum atomic E-state index is -3.53. The third kappa shape index (κ3) is 4.27. The van der Waals surface area contributed by atoms with Crippen LogP contribution in [0, 0.1) is 5.82 Å². The fraction of sp³-hybridized carbons (Fsp3) is 0.375. The van der Waals surface area contributed by atoms with Crippen molar-refractivity contribution >= 4 is 10.0 Å². The molecule has 3 rings (SSSR count). The van der Waals surface area contributed by atoms with E-state index < -0.39 is 15.8 Å². The van der Waals surface area contributed by atoms with Gasteiger partial charge in [0.1, 0.15) is 11.9 Å². The molecule has 24 heavy (non-hydrogen) atoms. The van der Waals surface area contributed by atoms with Crippen molar-refractivity contribution in [3.05, 3.63) is 54.1 Å². The lowest BCUT2D eigenvalue weighted by atomic mass is 10.1. The average Bonchev–Trinajstić information content (AvgIpc) is 2.56. The van der Waals surface area contributed by atoms with E-state index in [9.17, 15) is 12.8 Å². The zero-order chi connectivity index (χ0) is 17.0. The van der Waals surface area contributed by atoms with Crippen molar-refractivity contribution in [3.63, 3.8) is 0 Å². The number of rotatable bonds is 5. The maximum atomic E-state index is 13.2. The number of piperidine rings is 1. The topological polar surface area (TPSA) is 72.4 Å². The molecule has 0 N–H and O–H groups in total. The number of ether oxygens (including phenoxy) is 1. The highest BCUT2D eigenvalue weighted by molar-refractivity contribution is 7.88. The van der Waals surface area contributed by atoms with Gasteiger partial charge in [-0.25, -0.2) is 22.8 Å². The highest BCUT2D eigenvalue weighted by atomic mass is 32.2. The van der Waals surface area contributed by atoms with Crippen LogP contribution >= 0.6 is 0 Å². The molecule has 0 spiro atoms. The Balaban J connectivity index is 1.67. The minimum absolute atomic E-state index is 0.223. The number of halogens is 1. The molecule has 2 aromatic rings. The molecule has 1 aliphatic rings. The van der Waals surface area contributed by atoms with E-state index in [1.54, 1.807) is 24.5 Å². The molecule has 1 aromatic heterocycles. The molecule has 1 aromatic carbocycles. The molecule has 128 valence electrons. The molecule has 6 nitrogen and oxygen atoms in total. The van der Waals surface area contributed by atoms with Gasteiger partial charge >= 0.3 is 6.01 Å². The van der Waals surface area contributed by atoms with Crippen molar-refractivity contribution in [1.82, 2.24) is 14.3 Å². The summed E-state index contributed by atoms with van der Waals surface area (Å²) in [5, 5.41) is 0. The maximum absolute atomic E-state index is 13.2. The van der Waals surface area contributed by atoms with Crippen LogP contribution in [-0.2, 0) is 15.8 Å². The van der Waals surface area contributed by atoms with Crippen molar-refractivity contribution in [2.45, 2.75) is 24.7 Å². The third-order valence-electron chi connectivity index (χ3n) is 3.79. The van der Waals surface area contributed by atoms with Crippen LogP contribution in [0.4, 0.5) is 4.39 Å². The van der Waals surface area contributed by atoms with Crippen LogP contribution in [0.25, 0.3) is 0 Å². The van der Waals surface area contributed by atoms with Crippen LogP contribution in [0.2, 0.25) is 0 Å². The molecule has 1 atom stereocenters. The van der Waals surface area contributed by atoms with Gasteiger partial charge in [0.25, 0.3) is 0 Å². The molecule has 0 saturated carbocycles. The van der Waals surface area contributed by atoms with Crippen LogP contribution in [0.3, 0.4) is 0 Å². The second kappa shape index (κ2) is 7.23. The monoisotopic (exact) mass is 351 g/mol. The van der Waals surface area contributed by atoms with Gasteiger partial charge in [0.15, 0.2) is 0 Å². The summed E-state index contributed by atoms with van der Waals surface area (Å²) in [6, 6.07) is 7.58. The number of benzene rings is 1. The Morgan fingerprint density at radius 3 is 2.79 bits per heavy atom. The van der Waals surface area contributed by atoms with Gasteiger partial charge in [0, 0.05) is 18.9 Å². The maximum Gasteiger partial charge on any atom is 0.316 e. The highest BCUT2D eigenvalue weighted by Gasteiger charge is 2.30. The fourth-order valence-corrected chi connectivity index (χ4v) is 4.26. The minimum Gasteiger partial charge on any atom is -0.459 e. The summed E-state index contributed by atoms with van der Waals surface area (Å²) in [6.07, 6.45) is 4.29. The van der Waals surface area contributed by atoms with Crippen molar-refractivity contribution < 1.29 is 17.5 Å². The second-order valence-electron chi connectivity index (χ2n) is 5.66. The van der Waals surface area contributed by atoms with Crippen molar-refractivity contribution in [2.75, 3.05) is 13.1 Å². The molecule has 8 heteroatoms. The Kier molecular flexibility index (Phi) is 5.06. The van der Waals surface area contributed by atoms with Gasteiger partial charge in [0.2, 0.25) is 10.0 Å². The van der Waals surface area contributed by atoms with Gasteiger partial charge in [-0.05, 0) is 36.6 Å². The first-order valence-electron chi connectivity index (χ1n) is 7.69. The molecule has 0 radical (unpaired) electrons. The standard InChI is InChI=1S/C16H18FN3O3S/c17-14-5-1-4-13(10-14)12-24(21,22)20-9-2-6-15(11-20)23-16-18-7-3-8-19-16/h1,3-5,7-8,10,15H,2,6,9,11-12H2. The molecule has 1 unspecified atom stereocenters. The van der Waals surface area contributed by atoms with E-state index in [1.807, 2.05) is 0 Å². The van der Waals surface area contributed by atoms with Gasteiger partial charge in [-0.3, -0.25) is 0 Å². The molecular formula is C16H18FN3O3S. The van der Waals surface area contributed by atoms with Gasteiger partial charge in [-0.1, -0.05) is 12.1 Å². The predicted molar refractivity (Wildman–Crippen MR) is 86.3 cm³/mol. The molecule has 0 amide bonds. The van der Waals surface area contributed by atoms with Crippen LogP contribution in [0.15, 0.2) is 42.7 Å². The van der Waals surface area contributed by atoms with Crippen molar-refractivity contribution in [2.24, 2.45) is 0 Å². The van der Waals surface area contributed by atoms with E-state index in [0.29, 0.717) is 18.5 Å². The Morgan fingerprint density at radius 2 is 2.04 bits per heavy atom. The van der Waals surface area contributed by atoms with Gasteiger partial charge in [-0.2, -0.15) is 4.31 Å². The number of sulfonamides is 1. The lowest BCUT2D eigenvalue weighted by Gasteiger charge is -2.31. The molecular weight excluding hydrogens is 333 g/mol. The largest absolute Gasteiger partial charge is 0.459 e. The molecule has 0 bridgehead atoms. The first-order chi connectivity index (χ1) is 11.5. The van der Waals surface area contributed by atoms with Crippen LogP contribution < -0.4 is 4.74 Å². The smallest absolute Gasteiger partial charge is 0.316 e. The zero-order valence-electron chi connectivity index (χ0n) is 13.0. The average molecular weight is 351 g/mol. The van der Waals surface area contributed by atoms with Gasteiger partial charge < -0.3 is 4.74 Å². The first kappa shape index (κ1) is 16.8. The molecule has 1 aliphatic heterocycles. The van der Waals surface area contributed by atoms with Crippen molar-refractivity contribution in [3.8, 4) is 6.01 Å². The summed E-state index contributed by atoms with van der Waals surface area (Å²) in [7, 11) is -3.53. The number of hydrogen-bond acceptors (Lipinski definition) is 5. The van der Waals surface area contributed by atoms with E-state index in [1.165, 1.54) is 22.5 Å². The van der Waals surface area contributed by atoms with E-state index >= 15 is 0 Å². The summed E-state index contributed by atoms with van der Waals surface area (Å²) in [4.78, 5) is 7.99. The predicted octanol–water partition coefficient (Wildman–Crippen LogP) is 1.99. The summed E-state index contributed by atoms with van der Waals surface area (Å²) < 4.78 is 45.5. The Bertz CT molecular complexity index is 786. The van der Waals surface area contributed by atoms with E-state index in [4.69, 9.17) is 4.74 Å². The van der Waals surface area contributed by atoms with Gasteiger partial charge in [-0.15, -0.1) is 0 Å². The number of hydrogen-bond donors (Lipinski definition) is 0. The Labute approximate surface area is 140 Å². The molecule has 2 heterocycles. The van der Waals surface area contributed by atoms with Crippen LogP contribution in [0.5, 0.6) is 6.01 Å². The van der Waals surface area contributed by atoms with E-state index in [-0.39, 0.29) is 24.4 Å². The summed E-state index contributed by atoms with van der Waals surface area (Å²) >= 11 is 0. The Morgan fingerprint density at radius 1 is 1.25 bits per heavy atom. The fourth-order valence-electron chi connectivity index (χ4n) is 2.68. The summed E-state index contributed by atoms with van der Waals surface area (Å²) in [5.74, 6) is -0.664. The summed E-state index contributed by atoms with van der Waals surface area (Å²) in [6.45, 7) is 0.684. The number of aromatic nitrogens is 2. The van der Waals surface area contributed by atoms with Crippen LogP contribution in [-0.4, -0.2) is 41.9 Å². The SMILES string of the molecule is O=S(=O)(Cc1cccc(F)c1)N1CCCC(Oc2ncccn2)C1. The lowest BCUT2D eigenvalue weighted by molar-refractivity contribution is 0.119. The highest BCUT2D eigenvalue weighted by Crippen LogP contribution is 2.20. The number of nitrogens with zero attached hydrogens (tertiary/aromatic N) is 3. The molecule has 1 fully saturated rings. The molecule has 0 aliphatic carbocycles. The first-order valence-corrected chi connectivity index (χ1v) is 9.30. The third-order valence-corrected chi connectivity index (χ3v) is 5.60. The van der Waals surface area contributed by atoms with Crippen LogP contribution in [0.1, 0.15) is 18.4 Å². The second-order valence-corrected chi connectivity index (χ2v) is 7.63. The molecule has 1 saturated heterocycles. The quantitative estimate of drug-likeness (QED) is 0.824. The Hall–Kier alpha value is -2.06. The van der Waals surface area contributed by atoms with E-state index in [2.05, 4.69) is 9.97 Å². The lowest BCUT2D eigenvalue weighted by Crippen LogP contribution is -2.44. The zero-order valence-corrected chi connectivity index (χ0v) is 13.8. The van der Waals surface area contributed by atoms with Gasteiger partial charge in [0.05, 0.1) is 12.3 Å². The van der Waals surface area contributed by atoms with Crippen molar-refractivity contribution in [1.29, 1.82) is 0 Å². The van der Waals surface area contributed by atoms with E-state index in [0.717, 1.165) is 6.42 Å². The summed E-state index contributed by atoms with van der Waals surface area (Å²) in [5.41, 5.74) is 0.435. The normalized spacial score (nSPS) is 19.1.